The first-order valence-corrected chi connectivity index (χ1v) is 9.79. The van der Waals surface area contributed by atoms with Gasteiger partial charge in [-0.2, -0.15) is 10.5 Å². The molecule has 6 N–H and O–H groups in total. The van der Waals surface area contributed by atoms with Crippen LogP contribution in [0.1, 0.15) is 42.5 Å². The lowest BCUT2D eigenvalue weighted by Gasteiger charge is -2.26. The quantitative estimate of drug-likeness (QED) is 0.262. The van der Waals surface area contributed by atoms with Gasteiger partial charge in [0.1, 0.15) is 29.3 Å². The third-order valence-corrected chi connectivity index (χ3v) is 5.38. The van der Waals surface area contributed by atoms with Crippen molar-refractivity contribution in [1.29, 1.82) is 10.5 Å². The maximum absolute atomic E-state index is 9.39. The second-order valence-electron chi connectivity index (χ2n) is 6.18. The number of aromatic nitrogens is 1. The third kappa shape index (κ3) is 3.80. The average molecular weight is 392 g/mol. The summed E-state index contributed by atoms with van der Waals surface area (Å²) < 4.78 is 0. The summed E-state index contributed by atoms with van der Waals surface area (Å²) in [5, 5.41) is 23.8. The normalized spacial score (nSPS) is 14.8. The summed E-state index contributed by atoms with van der Waals surface area (Å²) in [4.78, 5) is 9.97. The van der Waals surface area contributed by atoms with E-state index in [-0.39, 0.29) is 23.0 Å². The molecule has 1 unspecified atom stereocenters. The number of nitrogen functional groups attached to an aromatic ring is 2. The molecule has 2 heterocycles. The number of unbranched alkanes of at least 4 members (excludes halogenated alkanes) is 1. The number of aliphatic imine (C=N–C) groups is 1. The fourth-order valence-corrected chi connectivity index (χ4v) is 3.99. The van der Waals surface area contributed by atoms with Gasteiger partial charge in [-0.05, 0) is 29.9 Å². The summed E-state index contributed by atoms with van der Waals surface area (Å²) in [6, 6.07) is 9.50. The summed E-state index contributed by atoms with van der Waals surface area (Å²) in [6.45, 7) is 2.16. The standard InChI is InChI=1S/C19H20N8S/c1-2-3-7-28-12-6-4-5-11(8-12)16-14-15(22)13(9-20)17(23)26-18(14)27-19(25-16)24-10-21/h4-6,8,16H,2-3,7H2,1H3,(H6,22,23,24,25,26,27). The van der Waals surface area contributed by atoms with E-state index >= 15 is 0 Å². The van der Waals surface area contributed by atoms with E-state index < -0.39 is 6.04 Å². The van der Waals surface area contributed by atoms with Crippen molar-refractivity contribution in [3.8, 4) is 12.3 Å². The molecule has 1 atom stereocenters. The number of nitrogens with zero attached hydrogens (tertiary/aromatic N) is 4. The molecule has 0 radical (unpaired) electrons. The van der Waals surface area contributed by atoms with Crippen LogP contribution in [0.2, 0.25) is 0 Å². The Morgan fingerprint density at radius 1 is 1.32 bits per heavy atom. The Hall–Kier alpha value is -3.43. The number of rotatable bonds is 5. The summed E-state index contributed by atoms with van der Waals surface area (Å²) in [5.41, 5.74) is 14.0. The summed E-state index contributed by atoms with van der Waals surface area (Å²) in [7, 11) is 0. The highest BCUT2D eigenvalue weighted by Gasteiger charge is 2.29. The third-order valence-electron chi connectivity index (χ3n) is 4.30. The van der Waals surface area contributed by atoms with Crippen molar-refractivity contribution in [2.24, 2.45) is 4.99 Å². The second-order valence-corrected chi connectivity index (χ2v) is 7.34. The highest BCUT2D eigenvalue weighted by Crippen LogP contribution is 2.41. The number of nitriles is 2. The lowest BCUT2D eigenvalue weighted by Crippen LogP contribution is -2.32. The molecule has 9 heteroatoms. The number of nitrogens with one attached hydrogen (secondary N) is 2. The predicted octanol–water partition coefficient (Wildman–Crippen LogP) is 2.95. The Labute approximate surface area is 167 Å². The number of pyridine rings is 1. The van der Waals surface area contributed by atoms with Gasteiger partial charge in [-0.1, -0.05) is 25.5 Å². The summed E-state index contributed by atoms with van der Waals surface area (Å²) >= 11 is 1.78. The van der Waals surface area contributed by atoms with Gasteiger partial charge in [-0.15, -0.1) is 11.8 Å². The number of hydrogen-bond donors (Lipinski definition) is 4. The zero-order valence-electron chi connectivity index (χ0n) is 15.4. The Morgan fingerprint density at radius 3 is 2.86 bits per heavy atom. The molecule has 0 saturated heterocycles. The van der Waals surface area contributed by atoms with Crippen molar-refractivity contribution in [1.82, 2.24) is 10.3 Å². The Balaban J connectivity index is 2.09. The van der Waals surface area contributed by atoms with Gasteiger partial charge in [0.15, 0.2) is 6.19 Å². The summed E-state index contributed by atoms with van der Waals surface area (Å²) in [5.74, 6) is 1.70. The molecule has 0 spiro atoms. The first kappa shape index (κ1) is 19.3. The van der Waals surface area contributed by atoms with Crippen LogP contribution in [0.15, 0.2) is 34.2 Å². The number of thioether (sulfide) groups is 1. The van der Waals surface area contributed by atoms with Gasteiger partial charge in [0.05, 0.1) is 5.69 Å². The van der Waals surface area contributed by atoms with E-state index in [1.165, 1.54) is 0 Å². The Kier molecular flexibility index (Phi) is 5.87. The van der Waals surface area contributed by atoms with E-state index in [0.717, 1.165) is 29.1 Å². The van der Waals surface area contributed by atoms with Gasteiger partial charge >= 0.3 is 0 Å². The van der Waals surface area contributed by atoms with Gasteiger partial charge < -0.3 is 16.8 Å². The van der Waals surface area contributed by atoms with E-state index in [2.05, 4.69) is 39.7 Å². The molecule has 1 aromatic carbocycles. The average Bonchev–Trinajstić information content (AvgIpc) is 2.68. The number of benzene rings is 1. The molecular formula is C19H20N8S. The van der Waals surface area contributed by atoms with Gasteiger partial charge in [0.25, 0.3) is 0 Å². The number of fused-ring (bicyclic) bond motifs is 1. The zero-order chi connectivity index (χ0) is 20.1. The molecule has 0 aliphatic carbocycles. The highest BCUT2D eigenvalue weighted by atomic mass is 32.2. The molecule has 1 aliphatic heterocycles. The van der Waals surface area contributed by atoms with Gasteiger partial charge in [-0.3, -0.25) is 5.32 Å². The van der Waals surface area contributed by atoms with Crippen LogP contribution in [0, 0.1) is 22.8 Å². The minimum absolute atomic E-state index is 0.0343. The SMILES string of the molecule is CCCCSc1cccc(C2N=C(NC#N)Nc3nc(N)c(C#N)c(N)c32)c1. The molecule has 0 fully saturated rings. The minimum atomic E-state index is -0.515. The number of nitrogens with two attached hydrogens (primary N) is 2. The second kappa shape index (κ2) is 8.51. The maximum Gasteiger partial charge on any atom is 0.211 e. The van der Waals surface area contributed by atoms with E-state index in [4.69, 9.17) is 16.7 Å². The Morgan fingerprint density at radius 2 is 2.14 bits per heavy atom. The molecule has 142 valence electrons. The largest absolute Gasteiger partial charge is 0.397 e. The molecule has 1 aromatic heterocycles. The monoisotopic (exact) mass is 392 g/mol. The van der Waals surface area contributed by atoms with Gasteiger partial charge in [-0.25, -0.2) is 9.98 Å². The van der Waals surface area contributed by atoms with Crippen LogP contribution >= 0.6 is 11.8 Å². The minimum Gasteiger partial charge on any atom is -0.397 e. The fraction of sp³-hybridized carbons (Fsp3) is 0.263. The van der Waals surface area contributed by atoms with Crippen LogP contribution in [-0.2, 0) is 0 Å². The zero-order valence-corrected chi connectivity index (χ0v) is 16.2. The molecule has 0 bridgehead atoms. The number of guanidine groups is 1. The van der Waals surface area contributed by atoms with Gasteiger partial charge in [0, 0.05) is 10.5 Å². The van der Waals surface area contributed by atoms with Crippen LogP contribution in [0.25, 0.3) is 0 Å². The molecule has 0 amide bonds. The van der Waals surface area contributed by atoms with Crippen LogP contribution in [0.5, 0.6) is 0 Å². The predicted molar refractivity (Wildman–Crippen MR) is 112 cm³/mol. The van der Waals surface area contributed by atoms with Crippen molar-refractivity contribution in [2.75, 3.05) is 22.5 Å². The van der Waals surface area contributed by atoms with E-state index in [9.17, 15) is 5.26 Å². The van der Waals surface area contributed by atoms with Crippen LogP contribution in [-0.4, -0.2) is 16.7 Å². The molecule has 8 nitrogen and oxygen atoms in total. The lowest BCUT2D eigenvalue weighted by molar-refractivity contribution is 0.843. The van der Waals surface area contributed by atoms with E-state index in [1.54, 1.807) is 11.8 Å². The van der Waals surface area contributed by atoms with E-state index in [0.29, 0.717) is 11.4 Å². The molecule has 0 saturated carbocycles. The Bertz CT molecular complexity index is 1000. The number of anilines is 3. The first-order chi connectivity index (χ1) is 13.6. The summed E-state index contributed by atoms with van der Waals surface area (Å²) in [6.07, 6.45) is 4.13. The van der Waals surface area contributed by atoms with Crippen LogP contribution in [0.3, 0.4) is 0 Å². The molecule has 3 rings (SSSR count). The van der Waals surface area contributed by atoms with Crippen LogP contribution in [0.4, 0.5) is 17.3 Å². The van der Waals surface area contributed by atoms with E-state index in [1.807, 2.05) is 24.4 Å². The van der Waals surface area contributed by atoms with Crippen molar-refractivity contribution in [2.45, 2.75) is 30.7 Å². The fourth-order valence-electron chi connectivity index (χ4n) is 2.93. The molecule has 28 heavy (non-hydrogen) atoms. The number of hydrogen-bond acceptors (Lipinski definition) is 9. The lowest BCUT2D eigenvalue weighted by atomic mass is 9.95. The first-order valence-electron chi connectivity index (χ1n) is 8.80. The molecular weight excluding hydrogens is 372 g/mol. The topological polar surface area (TPSA) is 149 Å². The van der Waals surface area contributed by atoms with Crippen molar-refractivity contribution < 1.29 is 0 Å². The van der Waals surface area contributed by atoms with Crippen molar-refractivity contribution in [3.63, 3.8) is 0 Å². The molecule has 1 aliphatic rings. The van der Waals surface area contributed by atoms with Gasteiger partial charge in [0.2, 0.25) is 5.96 Å². The smallest absolute Gasteiger partial charge is 0.211 e. The maximum atomic E-state index is 9.39. The molecule has 2 aromatic rings. The van der Waals surface area contributed by atoms with Crippen molar-refractivity contribution in [3.05, 3.63) is 41.0 Å². The highest BCUT2D eigenvalue weighted by molar-refractivity contribution is 7.99. The van der Waals surface area contributed by atoms with Crippen molar-refractivity contribution >= 4 is 35.0 Å². The van der Waals surface area contributed by atoms with Crippen LogP contribution < -0.4 is 22.1 Å².